The molecule has 1 aliphatic heterocycles. The number of carbonyl (C=O) groups excluding carboxylic acids is 2. The highest BCUT2D eigenvalue weighted by molar-refractivity contribution is 5.95. The number of hydrogen-bond acceptors (Lipinski definition) is 6. The van der Waals surface area contributed by atoms with E-state index in [0.29, 0.717) is 13.1 Å². The third-order valence-corrected chi connectivity index (χ3v) is 4.36. The van der Waals surface area contributed by atoms with Crippen LogP contribution in [0.2, 0.25) is 0 Å². The van der Waals surface area contributed by atoms with Crippen LogP contribution >= 0.6 is 0 Å². The van der Waals surface area contributed by atoms with Crippen LogP contribution in [0.3, 0.4) is 0 Å². The Labute approximate surface area is 150 Å². The molecule has 0 saturated carbocycles. The van der Waals surface area contributed by atoms with E-state index < -0.39 is 17.5 Å². The Balaban J connectivity index is 1.79. The van der Waals surface area contributed by atoms with Crippen molar-refractivity contribution < 1.29 is 19.8 Å². The van der Waals surface area contributed by atoms with Gasteiger partial charge in [-0.25, -0.2) is 4.98 Å². The van der Waals surface area contributed by atoms with Gasteiger partial charge in [0, 0.05) is 25.6 Å². The standard InChI is InChI=1S/C18H20N4O4/c23-11-22-8-4-7-13(10-22)16-20-14(15(24)18(26)21-16)17(25)19-9-12-5-2-1-3-6-12/h1-3,5-6,11,13,24H,4,7-10H2,(H,19,25)(H,20,21,26). The van der Waals surface area contributed by atoms with E-state index in [4.69, 9.17) is 0 Å². The van der Waals surface area contributed by atoms with Gasteiger partial charge in [-0.05, 0) is 18.4 Å². The van der Waals surface area contributed by atoms with Crippen LogP contribution in [0.1, 0.15) is 40.6 Å². The van der Waals surface area contributed by atoms with Gasteiger partial charge < -0.3 is 20.4 Å². The Morgan fingerprint density at radius 3 is 2.77 bits per heavy atom. The molecule has 3 rings (SSSR count). The van der Waals surface area contributed by atoms with Crippen molar-refractivity contribution in [3.05, 3.63) is 47.4 Å². The molecule has 2 amide bonds. The molecule has 1 aromatic heterocycles. The summed E-state index contributed by atoms with van der Waals surface area (Å²) in [5.41, 5.74) is 0.624. The second kappa shape index (κ2) is 7.81. The lowest BCUT2D eigenvalue weighted by Gasteiger charge is -2.29. The molecule has 2 aromatic rings. The van der Waals surface area contributed by atoms with Crippen LogP contribution < -0.4 is 5.32 Å². The summed E-state index contributed by atoms with van der Waals surface area (Å²) in [6.07, 6.45) is 2.28. The fourth-order valence-corrected chi connectivity index (χ4v) is 2.98. The predicted molar refractivity (Wildman–Crippen MR) is 92.6 cm³/mol. The number of rotatable bonds is 5. The molecule has 0 aliphatic carbocycles. The number of aromatic hydroxyl groups is 2. The van der Waals surface area contributed by atoms with Crippen molar-refractivity contribution >= 4 is 12.3 Å². The normalized spacial score (nSPS) is 16.9. The van der Waals surface area contributed by atoms with Crippen molar-refractivity contribution in [1.29, 1.82) is 0 Å². The van der Waals surface area contributed by atoms with Crippen LogP contribution in [0.5, 0.6) is 11.6 Å². The van der Waals surface area contributed by atoms with Crippen LogP contribution in [0.15, 0.2) is 30.3 Å². The molecule has 1 atom stereocenters. The molecule has 3 N–H and O–H groups in total. The van der Waals surface area contributed by atoms with Crippen LogP contribution in [-0.4, -0.2) is 50.5 Å². The fraction of sp³-hybridized carbons (Fsp3) is 0.333. The second-order valence-electron chi connectivity index (χ2n) is 6.21. The Bertz CT molecular complexity index is 797. The van der Waals surface area contributed by atoms with Gasteiger partial charge in [0.25, 0.3) is 11.8 Å². The summed E-state index contributed by atoms with van der Waals surface area (Å²) in [7, 11) is 0. The van der Waals surface area contributed by atoms with Gasteiger partial charge in [0.15, 0.2) is 5.69 Å². The Morgan fingerprint density at radius 2 is 2.04 bits per heavy atom. The van der Waals surface area contributed by atoms with Gasteiger partial charge in [0.2, 0.25) is 12.2 Å². The van der Waals surface area contributed by atoms with Crippen molar-refractivity contribution in [2.75, 3.05) is 13.1 Å². The lowest BCUT2D eigenvalue weighted by molar-refractivity contribution is -0.119. The van der Waals surface area contributed by atoms with Gasteiger partial charge in [-0.1, -0.05) is 30.3 Å². The Morgan fingerprint density at radius 1 is 1.27 bits per heavy atom. The predicted octanol–water partition coefficient (Wildman–Crippen LogP) is 1.15. The average molecular weight is 356 g/mol. The van der Waals surface area contributed by atoms with Crippen molar-refractivity contribution in [2.45, 2.75) is 25.3 Å². The molecule has 8 heteroatoms. The smallest absolute Gasteiger partial charge is 0.274 e. The minimum atomic E-state index is -0.651. The highest BCUT2D eigenvalue weighted by Gasteiger charge is 2.27. The van der Waals surface area contributed by atoms with E-state index in [0.717, 1.165) is 24.8 Å². The van der Waals surface area contributed by atoms with Crippen molar-refractivity contribution in [3.63, 3.8) is 0 Å². The third kappa shape index (κ3) is 3.90. The molecule has 0 radical (unpaired) electrons. The molecule has 8 nitrogen and oxygen atoms in total. The summed E-state index contributed by atoms with van der Waals surface area (Å²) in [5, 5.41) is 22.6. The van der Waals surface area contributed by atoms with Gasteiger partial charge in [-0.2, -0.15) is 4.98 Å². The molecule has 1 unspecified atom stereocenters. The number of amides is 2. The van der Waals surface area contributed by atoms with Crippen LogP contribution in [0.25, 0.3) is 0 Å². The number of nitrogens with zero attached hydrogens (tertiary/aromatic N) is 3. The Hall–Kier alpha value is -3.16. The van der Waals surface area contributed by atoms with E-state index >= 15 is 0 Å². The number of carbonyl (C=O) groups is 2. The van der Waals surface area contributed by atoms with E-state index in [-0.39, 0.29) is 24.0 Å². The zero-order chi connectivity index (χ0) is 18.5. The SMILES string of the molecule is O=CN1CCCC(c2nc(O)c(O)c(C(=O)NCc3ccccc3)n2)C1. The molecule has 26 heavy (non-hydrogen) atoms. The van der Waals surface area contributed by atoms with Gasteiger partial charge >= 0.3 is 0 Å². The molecule has 136 valence electrons. The number of hydrogen-bond donors (Lipinski definition) is 3. The molecule has 1 fully saturated rings. The summed E-state index contributed by atoms with van der Waals surface area (Å²) in [6.45, 7) is 1.34. The zero-order valence-corrected chi connectivity index (χ0v) is 14.1. The van der Waals surface area contributed by atoms with Crippen molar-refractivity contribution in [1.82, 2.24) is 20.2 Å². The summed E-state index contributed by atoms with van der Waals surface area (Å²) in [4.78, 5) is 33.1. The van der Waals surface area contributed by atoms with Crippen molar-refractivity contribution in [3.8, 4) is 11.6 Å². The maximum Gasteiger partial charge on any atom is 0.274 e. The van der Waals surface area contributed by atoms with Gasteiger partial charge in [0.05, 0.1) is 0 Å². The summed E-state index contributed by atoms with van der Waals surface area (Å²) >= 11 is 0. The first-order valence-electron chi connectivity index (χ1n) is 8.40. The highest BCUT2D eigenvalue weighted by atomic mass is 16.3. The largest absolute Gasteiger partial charge is 0.501 e. The highest BCUT2D eigenvalue weighted by Crippen LogP contribution is 2.30. The fourth-order valence-electron chi connectivity index (χ4n) is 2.98. The van der Waals surface area contributed by atoms with E-state index in [2.05, 4.69) is 15.3 Å². The van der Waals surface area contributed by atoms with E-state index in [1.807, 2.05) is 30.3 Å². The first-order valence-corrected chi connectivity index (χ1v) is 8.40. The van der Waals surface area contributed by atoms with Gasteiger partial charge in [0.1, 0.15) is 5.82 Å². The maximum atomic E-state index is 12.4. The molecular weight excluding hydrogens is 336 g/mol. The zero-order valence-electron chi connectivity index (χ0n) is 14.1. The molecular formula is C18H20N4O4. The number of piperidine rings is 1. The lowest BCUT2D eigenvalue weighted by atomic mass is 9.97. The van der Waals surface area contributed by atoms with Crippen LogP contribution in [0.4, 0.5) is 0 Å². The van der Waals surface area contributed by atoms with Gasteiger partial charge in [-0.3, -0.25) is 9.59 Å². The number of nitrogens with one attached hydrogen (secondary N) is 1. The summed E-state index contributed by atoms with van der Waals surface area (Å²) in [5.74, 6) is -1.84. The van der Waals surface area contributed by atoms with E-state index in [1.165, 1.54) is 0 Å². The van der Waals surface area contributed by atoms with Crippen LogP contribution in [-0.2, 0) is 11.3 Å². The Kier molecular flexibility index (Phi) is 5.31. The quantitative estimate of drug-likeness (QED) is 0.692. The molecule has 2 heterocycles. The summed E-state index contributed by atoms with van der Waals surface area (Å²) < 4.78 is 0. The molecule has 1 aliphatic rings. The molecule has 0 bridgehead atoms. The topological polar surface area (TPSA) is 116 Å². The molecule has 1 aromatic carbocycles. The monoisotopic (exact) mass is 356 g/mol. The lowest BCUT2D eigenvalue weighted by Crippen LogP contribution is -2.34. The van der Waals surface area contributed by atoms with Crippen molar-refractivity contribution in [2.24, 2.45) is 0 Å². The summed E-state index contributed by atoms with van der Waals surface area (Å²) in [6, 6.07) is 9.31. The first kappa shape index (κ1) is 17.7. The second-order valence-corrected chi connectivity index (χ2v) is 6.21. The first-order chi connectivity index (χ1) is 12.6. The maximum absolute atomic E-state index is 12.4. The number of likely N-dealkylation sites (tertiary alicyclic amines) is 1. The average Bonchev–Trinajstić information content (AvgIpc) is 2.69. The van der Waals surface area contributed by atoms with Gasteiger partial charge in [-0.15, -0.1) is 0 Å². The number of benzene rings is 1. The van der Waals surface area contributed by atoms with Crippen LogP contribution in [0, 0.1) is 0 Å². The number of aromatic nitrogens is 2. The third-order valence-electron chi connectivity index (χ3n) is 4.36. The minimum absolute atomic E-state index is 0.193. The minimum Gasteiger partial charge on any atom is -0.501 e. The van der Waals surface area contributed by atoms with E-state index in [9.17, 15) is 19.8 Å². The molecule has 0 spiro atoms. The van der Waals surface area contributed by atoms with E-state index in [1.54, 1.807) is 4.90 Å². The molecule has 1 saturated heterocycles.